The van der Waals surface area contributed by atoms with Gasteiger partial charge in [-0.2, -0.15) is 5.10 Å². The lowest BCUT2D eigenvalue weighted by Gasteiger charge is -2.13. The highest BCUT2D eigenvalue weighted by molar-refractivity contribution is 5.34. The first kappa shape index (κ1) is 12.6. The maximum absolute atomic E-state index is 10.3. The Kier molecular flexibility index (Phi) is 3.67. The van der Waals surface area contributed by atoms with Crippen LogP contribution in [0.5, 0.6) is 5.75 Å². The van der Waals surface area contributed by atoms with Gasteiger partial charge >= 0.3 is 0 Å². The van der Waals surface area contributed by atoms with Gasteiger partial charge < -0.3 is 9.84 Å². The number of nitrogens with zero attached hydrogens (tertiary/aromatic N) is 2. The summed E-state index contributed by atoms with van der Waals surface area (Å²) in [5.74, 6) is 0.801. The number of aryl methyl sites for hydroxylation is 2. The molecule has 1 N–H and O–H groups in total. The third-order valence-electron chi connectivity index (χ3n) is 2.99. The minimum absolute atomic E-state index is 0.517. The summed E-state index contributed by atoms with van der Waals surface area (Å²) in [5.41, 5.74) is 2.72. The highest BCUT2D eigenvalue weighted by atomic mass is 16.5. The highest BCUT2D eigenvalue weighted by Crippen LogP contribution is 2.24. The molecule has 4 heteroatoms. The Morgan fingerprint density at radius 2 is 2.11 bits per heavy atom. The highest BCUT2D eigenvalue weighted by Gasteiger charge is 2.15. The smallest absolute Gasteiger partial charge is 0.122 e. The zero-order valence-electron chi connectivity index (χ0n) is 10.9. The second-order valence-corrected chi connectivity index (χ2v) is 4.37. The van der Waals surface area contributed by atoms with Crippen molar-refractivity contribution in [3.8, 4) is 5.75 Å². The van der Waals surface area contributed by atoms with Gasteiger partial charge in [0.15, 0.2) is 0 Å². The quantitative estimate of drug-likeness (QED) is 0.897. The summed E-state index contributed by atoms with van der Waals surface area (Å²) in [6, 6.07) is 9.63. The Morgan fingerprint density at radius 1 is 1.39 bits per heavy atom. The topological polar surface area (TPSA) is 47.3 Å². The zero-order chi connectivity index (χ0) is 13.1. The predicted molar refractivity (Wildman–Crippen MR) is 69.6 cm³/mol. The van der Waals surface area contributed by atoms with Gasteiger partial charge in [-0.1, -0.05) is 18.2 Å². The summed E-state index contributed by atoms with van der Waals surface area (Å²) in [6.45, 7) is 1.92. The van der Waals surface area contributed by atoms with Crippen LogP contribution in [-0.2, 0) is 13.5 Å². The lowest BCUT2D eigenvalue weighted by Crippen LogP contribution is -2.08. The molecule has 0 aliphatic heterocycles. The molecular formula is C14H18N2O2. The van der Waals surface area contributed by atoms with Crippen molar-refractivity contribution in [3.63, 3.8) is 0 Å². The molecule has 0 aliphatic rings. The molecule has 0 fully saturated rings. The molecule has 18 heavy (non-hydrogen) atoms. The molecule has 0 saturated carbocycles. The van der Waals surface area contributed by atoms with E-state index in [-0.39, 0.29) is 0 Å². The molecule has 1 heterocycles. The number of aliphatic hydroxyl groups is 1. The molecule has 0 spiro atoms. The fourth-order valence-corrected chi connectivity index (χ4v) is 2.13. The molecule has 0 amide bonds. The Labute approximate surface area is 107 Å². The Hall–Kier alpha value is -1.81. The summed E-state index contributed by atoms with van der Waals surface area (Å²) in [4.78, 5) is 0. The molecule has 1 unspecified atom stereocenters. The third kappa shape index (κ3) is 2.54. The first-order valence-corrected chi connectivity index (χ1v) is 5.92. The number of aliphatic hydroxyl groups excluding tert-OH is 1. The van der Waals surface area contributed by atoms with Gasteiger partial charge in [0, 0.05) is 13.5 Å². The van der Waals surface area contributed by atoms with E-state index in [9.17, 15) is 5.11 Å². The Bertz CT molecular complexity index is 534. The number of para-hydroxylation sites is 1. The van der Waals surface area contributed by atoms with E-state index in [1.807, 2.05) is 44.3 Å². The van der Waals surface area contributed by atoms with Crippen LogP contribution in [0, 0.1) is 6.92 Å². The van der Waals surface area contributed by atoms with E-state index >= 15 is 0 Å². The molecule has 0 saturated heterocycles. The van der Waals surface area contributed by atoms with Crippen molar-refractivity contribution in [1.82, 2.24) is 9.78 Å². The third-order valence-corrected chi connectivity index (χ3v) is 2.99. The Morgan fingerprint density at radius 3 is 2.72 bits per heavy atom. The standard InChI is InChI=1S/C14H18N2O2/c1-10-8-12(16(2)15-10)13(17)9-11-6-4-5-7-14(11)18-3/h4-8,13,17H,9H2,1-3H3. The van der Waals surface area contributed by atoms with Crippen LogP contribution < -0.4 is 4.74 Å². The second-order valence-electron chi connectivity index (χ2n) is 4.37. The SMILES string of the molecule is COc1ccccc1CC(O)c1cc(C)nn1C. The molecule has 2 rings (SSSR count). The molecule has 0 radical (unpaired) electrons. The number of benzene rings is 1. The normalized spacial score (nSPS) is 12.4. The van der Waals surface area contributed by atoms with Crippen molar-refractivity contribution in [2.45, 2.75) is 19.4 Å². The summed E-state index contributed by atoms with van der Waals surface area (Å²) < 4.78 is 7.00. The average molecular weight is 246 g/mol. The number of aromatic nitrogens is 2. The van der Waals surface area contributed by atoms with E-state index in [1.54, 1.807) is 11.8 Å². The fourth-order valence-electron chi connectivity index (χ4n) is 2.13. The van der Waals surface area contributed by atoms with Gasteiger partial charge in [0.1, 0.15) is 5.75 Å². The molecular weight excluding hydrogens is 228 g/mol. The van der Waals surface area contributed by atoms with Crippen molar-refractivity contribution in [2.75, 3.05) is 7.11 Å². The first-order chi connectivity index (χ1) is 8.61. The minimum Gasteiger partial charge on any atom is -0.496 e. The van der Waals surface area contributed by atoms with Gasteiger partial charge in [0.2, 0.25) is 0 Å². The van der Waals surface area contributed by atoms with Crippen LogP contribution in [0.3, 0.4) is 0 Å². The number of hydrogen-bond donors (Lipinski definition) is 1. The van der Waals surface area contributed by atoms with Crippen LogP contribution in [-0.4, -0.2) is 22.0 Å². The summed E-state index contributed by atoms with van der Waals surface area (Å²) in [6.07, 6.45) is -0.0595. The molecule has 2 aromatic rings. The van der Waals surface area contributed by atoms with Crippen LogP contribution >= 0.6 is 0 Å². The van der Waals surface area contributed by atoms with Crippen molar-refractivity contribution < 1.29 is 9.84 Å². The molecule has 1 aromatic heterocycles. The lowest BCUT2D eigenvalue weighted by molar-refractivity contribution is 0.167. The largest absolute Gasteiger partial charge is 0.496 e. The Balaban J connectivity index is 2.21. The van der Waals surface area contributed by atoms with Gasteiger partial charge in [-0.05, 0) is 24.6 Å². The van der Waals surface area contributed by atoms with Crippen molar-refractivity contribution >= 4 is 0 Å². The zero-order valence-corrected chi connectivity index (χ0v) is 10.9. The molecule has 1 atom stereocenters. The summed E-state index contributed by atoms with van der Waals surface area (Å²) in [7, 11) is 3.48. The monoisotopic (exact) mass is 246 g/mol. The van der Waals surface area contributed by atoms with Crippen molar-refractivity contribution in [1.29, 1.82) is 0 Å². The molecule has 96 valence electrons. The van der Waals surface area contributed by atoms with E-state index in [0.717, 1.165) is 22.7 Å². The fraction of sp³-hybridized carbons (Fsp3) is 0.357. The van der Waals surface area contributed by atoms with E-state index in [4.69, 9.17) is 4.74 Å². The summed E-state index contributed by atoms with van der Waals surface area (Å²) in [5, 5.41) is 14.5. The minimum atomic E-state index is -0.576. The lowest BCUT2D eigenvalue weighted by atomic mass is 10.0. The van der Waals surface area contributed by atoms with Crippen LogP contribution in [0.15, 0.2) is 30.3 Å². The first-order valence-electron chi connectivity index (χ1n) is 5.92. The molecule has 1 aromatic carbocycles. The maximum Gasteiger partial charge on any atom is 0.122 e. The molecule has 0 aliphatic carbocycles. The van der Waals surface area contributed by atoms with Gasteiger partial charge in [-0.15, -0.1) is 0 Å². The van der Waals surface area contributed by atoms with Gasteiger partial charge in [-0.25, -0.2) is 0 Å². The summed E-state index contributed by atoms with van der Waals surface area (Å²) >= 11 is 0. The number of rotatable bonds is 4. The second kappa shape index (κ2) is 5.23. The van der Waals surface area contributed by atoms with E-state index in [0.29, 0.717) is 6.42 Å². The molecule has 4 nitrogen and oxygen atoms in total. The number of methoxy groups -OCH3 is 1. The van der Waals surface area contributed by atoms with Crippen LogP contribution in [0.4, 0.5) is 0 Å². The van der Waals surface area contributed by atoms with Crippen molar-refractivity contribution in [2.24, 2.45) is 7.05 Å². The van der Waals surface area contributed by atoms with E-state index in [1.165, 1.54) is 0 Å². The van der Waals surface area contributed by atoms with Gasteiger partial charge in [0.25, 0.3) is 0 Å². The number of ether oxygens (including phenoxy) is 1. The van der Waals surface area contributed by atoms with Crippen LogP contribution in [0.25, 0.3) is 0 Å². The van der Waals surface area contributed by atoms with Crippen LogP contribution in [0.1, 0.15) is 23.1 Å². The van der Waals surface area contributed by atoms with E-state index < -0.39 is 6.10 Å². The molecule has 0 bridgehead atoms. The predicted octanol–water partition coefficient (Wildman–Crippen LogP) is 2.01. The van der Waals surface area contributed by atoms with E-state index in [2.05, 4.69) is 5.10 Å². The van der Waals surface area contributed by atoms with Gasteiger partial charge in [0.05, 0.1) is 24.6 Å². The van der Waals surface area contributed by atoms with Crippen LogP contribution in [0.2, 0.25) is 0 Å². The van der Waals surface area contributed by atoms with Gasteiger partial charge in [-0.3, -0.25) is 4.68 Å². The average Bonchev–Trinajstić information content (AvgIpc) is 2.69. The van der Waals surface area contributed by atoms with Crippen molar-refractivity contribution in [3.05, 3.63) is 47.3 Å². The maximum atomic E-state index is 10.3. The number of hydrogen-bond acceptors (Lipinski definition) is 3.